The third kappa shape index (κ3) is 5.27. The molecule has 1 aromatic heterocycles. The van der Waals surface area contributed by atoms with Crippen LogP contribution in [-0.2, 0) is 11.2 Å². The summed E-state index contributed by atoms with van der Waals surface area (Å²) in [7, 11) is 0. The van der Waals surface area contributed by atoms with Gasteiger partial charge < -0.3 is 16.0 Å². The van der Waals surface area contributed by atoms with E-state index in [2.05, 4.69) is 17.2 Å². The maximum Gasteiger partial charge on any atom is 0.273 e. The second-order valence-electron chi connectivity index (χ2n) is 6.23. The number of thiazole rings is 1. The summed E-state index contributed by atoms with van der Waals surface area (Å²) in [5.74, 6) is 0.132. The number of nitrogens with one attached hydrogen (secondary N) is 1. The lowest BCUT2D eigenvalue weighted by molar-refractivity contribution is -0.126. The summed E-state index contributed by atoms with van der Waals surface area (Å²) in [6, 6.07) is 0. The summed E-state index contributed by atoms with van der Waals surface area (Å²) < 4.78 is 0. The molecule has 1 fully saturated rings. The van der Waals surface area contributed by atoms with Gasteiger partial charge in [-0.15, -0.1) is 11.3 Å². The van der Waals surface area contributed by atoms with E-state index < -0.39 is 0 Å². The number of carbonyl (C=O) groups excluding carboxylic acids is 2. The van der Waals surface area contributed by atoms with Crippen molar-refractivity contribution in [1.29, 1.82) is 0 Å². The van der Waals surface area contributed by atoms with Crippen LogP contribution >= 0.6 is 11.3 Å². The van der Waals surface area contributed by atoms with Gasteiger partial charge in [0.25, 0.3) is 5.91 Å². The van der Waals surface area contributed by atoms with E-state index in [0.717, 1.165) is 43.7 Å². The lowest BCUT2D eigenvalue weighted by Crippen LogP contribution is -2.43. The number of nitrogens with two attached hydrogens (primary N) is 1. The number of amides is 2. The maximum atomic E-state index is 12.5. The van der Waals surface area contributed by atoms with Crippen molar-refractivity contribution in [3.8, 4) is 0 Å². The van der Waals surface area contributed by atoms with Gasteiger partial charge in [0.05, 0.1) is 5.01 Å². The summed E-state index contributed by atoms with van der Waals surface area (Å²) in [5.41, 5.74) is 6.02. The Kier molecular flexibility index (Phi) is 7.65. The number of nitrogens with zero attached hydrogens (tertiary/aromatic N) is 2. The molecular weight excluding hydrogens is 324 g/mol. The van der Waals surface area contributed by atoms with E-state index >= 15 is 0 Å². The minimum Gasteiger partial charge on any atom is -0.356 e. The van der Waals surface area contributed by atoms with Crippen LogP contribution in [0.3, 0.4) is 0 Å². The van der Waals surface area contributed by atoms with Gasteiger partial charge in [0, 0.05) is 37.4 Å². The maximum absolute atomic E-state index is 12.5. The van der Waals surface area contributed by atoms with E-state index in [-0.39, 0.29) is 17.7 Å². The van der Waals surface area contributed by atoms with Crippen molar-refractivity contribution >= 4 is 23.2 Å². The Morgan fingerprint density at radius 3 is 2.79 bits per heavy atom. The number of aromatic nitrogens is 1. The topological polar surface area (TPSA) is 88.3 Å². The van der Waals surface area contributed by atoms with Gasteiger partial charge in [0.1, 0.15) is 5.69 Å². The van der Waals surface area contributed by atoms with Crippen molar-refractivity contribution < 1.29 is 9.59 Å². The Labute approximate surface area is 147 Å². The van der Waals surface area contributed by atoms with Crippen molar-refractivity contribution in [1.82, 2.24) is 15.2 Å². The minimum absolute atomic E-state index is 0.0268. The van der Waals surface area contributed by atoms with Crippen LogP contribution in [0.25, 0.3) is 0 Å². The van der Waals surface area contributed by atoms with Crippen LogP contribution in [-0.4, -0.2) is 47.9 Å². The summed E-state index contributed by atoms with van der Waals surface area (Å²) in [5, 5.41) is 5.73. The Bertz CT molecular complexity index is 538. The molecule has 134 valence electrons. The molecule has 0 spiro atoms. The molecule has 0 atom stereocenters. The third-order valence-corrected chi connectivity index (χ3v) is 5.27. The molecule has 3 N–H and O–H groups in total. The number of rotatable bonds is 8. The lowest BCUT2D eigenvalue weighted by Gasteiger charge is -2.30. The molecule has 0 aromatic carbocycles. The molecule has 1 aliphatic heterocycles. The molecule has 0 unspecified atom stereocenters. The predicted molar refractivity (Wildman–Crippen MR) is 96.0 cm³/mol. The summed E-state index contributed by atoms with van der Waals surface area (Å²) in [4.78, 5) is 30.8. The highest BCUT2D eigenvalue weighted by atomic mass is 32.1. The van der Waals surface area contributed by atoms with Gasteiger partial charge in [-0.1, -0.05) is 19.8 Å². The molecule has 2 rings (SSSR count). The normalized spacial score (nSPS) is 15.5. The molecular formula is C17H28N4O2S. The third-order valence-electron chi connectivity index (χ3n) is 4.36. The zero-order valence-corrected chi connectivity index (χ0v) is 15.2. The SMILES string of the molecule is CCCCCNC(=O)C1CCN(C(=O)c2csc(CCN)n2)CC1. The molecule has 24 heavy (non-hydrogen) atoms. The standard InChI is InChI=1S/C17H28N4O2S/c1-2-3-4-9-19-16(22)13-6-10-21(11-7-13)17(23)14-12-24-15(20-14)5-8-18/h12-13H,2-11,18H2,1H3,(H,19,22). The van der Waals surface area contributed by atoms with Crippen LogP contribution in [0.15, 0.2) is 5.38 Å². The van der Waals surface area contributed by atoms with Gasteiger partial charge in [-0.2, -0.15) is 0 Å². The molecule has 0 bridgehead atoms. The first kappa shape index (κ1) is 18.9. The Hall–Kier alpha value is -1.47. The van der Waals surface area contributed by atoms with Gasteiger partial charge in [-0.25, -0.2) is 4.98 Å². The van der Waals surface area contributed by atoms with Crippen molar-refractivity contribution in [3.05, 3.63) is 16.1 Å². The first-order chi connectivity index (χ1) is 11.7. The average molecular weight is 353 g/mol. The van der Waals surface area contributed by atoms with E-state index in [1.807, 2.05) is 4.90 Å². The van der Waals surface area contributed by atoms with E-state index in [0.29, 0.717) is 31.7 Å². The fourth-order valence-corrected chi connectivity index (χ4v) is 3.67. The average Bonchev–Trinajstić information content (AvgIpc) is 3.07. The number of unbranched alkanes of at least 4 members (excludes halogenated alkanes) is 2. The zero-order chi connectivity index (χ0) is 17.4. The smallest absolute Gasteiger partial charge is 0.273 e. The second-order valence-corrected chi connectivity index (χ2v) is 7.17. The molecule has 1 aromatic rings. The Morgan fingerprint density at radius 2 is 2.12 bits per heavy atom. The highest BCUT2D eigenvalue weighted by Crippen LogP contribution is 2.20. The van der Waals surface area contributed by atoms with Gasteiger partial charge >= 0.3 is 0 Å². The Balaban J connectivity index is 1.77. The van der Waals surface area contributed by atoms with E-state index in [1.54, 1.807) is 5.38 Å². The number of hydrogen-bond acceptors (Lipinski definition) is 5. The van der Waals surface area contributed by atoms with E-state index in [1.165, 1.54) is 11.3 Å². The predicted octanol–water partition coefficient (Wildman–Crippen LogP) is 1.80. The zero-order valence-electron chi connectivity index (χ0n) is 14.4. The van der Waals surface area contributed by atoms with Crippen LogP contribution in [0.1, 0.15) is 54.5 Å². The fraction of sp³-hybridized carbons (Fsp3) is 0.706. The number of carbonyl (C=O) groups is 2. The fourth-order valence-electron chi connectivity index (χ4n) is 2.89. The summed E-state index contributed by atoms with van der Waals surface area (Å²) in [6.07, 6.45) is 5.50. The highest BCUT2D eigenvalue weighted by Gasteiger charge is 2.28. The molecule has 2 heterocycles. The molecule has 6 nitrogen and oxygen atoms in total. The quantitative estimate of drug-likeness (QED) is 0.698. The summed E-state index contributed by atoms with van der Waals surface area (Å²) >= 11 is 1.48. The van der Waals surface area contributed by atoms with Crippen molar-refractivity contribution in [2.75, 3.05) is 26.2 Å². The van der Waals surface area contributed by atoms with Crippen molar-refractivity contribution in [2.24, 2.45) is 11.7 Å². The number of piperidine rings is 1. The van der Waals surface area contributed by atoms with Crippen LogP contribution in [0.5, 0.6) is 0 Å². The first-order valence-corrected chi connectivity index (χ1v) is 9.75. The van der Waals surface area contributed by atoms with Crippen LogP contribution < -0.4 is 11.1 Å². The van der Waals surface area contributed by atoms with Crippen LogP contribution in [0.4, 0.5) is 0 Å². The van der Waals surface area contributed by atoms with Crippen LogP contribution in [0.2, 0.25) is 0 Å². The number of hydrogen-bond donors (Lipinski definition) is 2. The van der Waals surface area contributed by atoms with E-state index in [4.69, 9.17) is 5.73 Å². The highest BCUT2D eigenvalue weighted by molar-refractivity contribution is 7.09. The molecule has 7 heteroatoms. The monoisotopic (exact) mass is 352 g/mol. The van der Waals surface area contributed by atoms with Crippen LogP contribution in [0, 0.1) is 5.92 Å². The molecule has 2 amide bonds. The number of likely N-dealkylation sites (tertiary alicyclic amines) is 1. The summed E-state index contributed by atoms with van der Waals surface area (Å²) in [6.45, 7) is 4.69. The van der Waals surface area contributed by atoms with Gasteiger partial charge in [-0.05, 0) is 25.8 Å². The van der Waals surface area contributed by atoms with Crippen molar-refractivity contribution in [3.63, 3.8) is 0 Å². The largest absolute Gasteiger partial charge is 0.356 e. The minimum atomic E-state index is -0.0312. The molecule has 0 radical (unpaired) electrons. The first-order valence-electron chi connectivity index (χ1n) is 8.87. The van der Waals surface area contributed by atoms with Gasteiger partial charge in [0.15, 0.2) is 0 Å². The lowest BCUT2D eigenvalue weighted by atomic mass is 9.95. The molecule has 1 saturated heterocycles. The molecule has 0 aliphatic carbocycles. The molecule has 1 aliphatic rings. The van der Waals surface area contributed by atoms with Gasteiger partial charge in [-0.3, -0.25) is 9.59 Å². The molecule has 0 saturated carbocycles. The van der Waals surface area contributed by atoms with Gasteiger partial charge in [0.2, 0.25) is 5.91 Å². The Morgan fingerprint density at radius 1 is 1.38 bits per heavy atom. The van der Waals surface area contributed by atoms with E-state index in [9.17, 15) is 9.59 Å². The second kappa shape index (κ2) is 9.74. The van der Waals surface area contributed by atoms with Crippen molar-refractivity contribution in [2.45, 2.75) is 45.4 Å².